The van der Waals surface area contributed by atoms with Crippen LogP contribution in [0.25, 0.3) is 5.70 Å². The van der Waals surface area contributed by atoms with E-state index in [0.717, 1.165) is 42.8 Å². The highest BCUT2D eigenvalue weighted by Crippen LogP contribution is 2.23. The number of hydrazone groups is 1. The summed E-state index contributed by atoms with van der Waals surface area (Å²) in [6.07, 6.45) is 8.32. The number of aliphatic hydroxyl groups is 1. The minimum absolute atomic E-state index is 0.0000794. The number of aromatic nitrogens is 2. The number of carbonyl (C=O) groups excluding carboxylic acids is 1. The summed E-state index contributed by atoms with van der Waals surface area (Å²) in [5.41, 5.74) is 9.41. The maximum Gasteiger partial charge on any atom is 0.336 e. The Labute approximate surface area is 268 Å². The Morgan fingerprint density at radius 1 is 1.17 bits per heavy atom. The van der Waals surface area contributed by atoms with Gasteiger partial charge < -0.3 is 31.8 Å². The molecule has 1 amide bonds. The summed E-state index contributed by atoms with van der Waals surface area (Å²) in [4.78, 5) is 35.8. The van der Waals surface area contributed by atoms with Crippen molar-refractivity contribution in [2.45, 2.75) is 57.9 Å². The maximum absolute atomic E-state index is 14.3. The number of rotatable bonds is 7. The molecule has 1 fully saturated rings. The maximum atomic E-state index is 14.3. The van der Waals surface area contributed by atoms with Crippen molar-refractivity contribution in [3.63, 3.8) is 0 Å². The first kappa shape index (κ1) is 35.7. The zero-order chi connectivity index (χ0) is 33.6. The number of pyridine rings is 1. The molecule has 0 spiro atoms. The lowest BCUT2D eigenvalue weighted by Gasteiger charge is -2.18. The molecule has 0 radical (unpaired) electrons. The van der Waals surface area contributed by atoms with E-state index in [1.54, 1.807) is 31.5 Å². The standard InChI is InChI=1S/C21H23F2N7OS.C8H8O3.C2H6O/c22-14-6-7-17(23)30-19(14)18(24)15(10-25-13-4-2-1-3-5-13)28-20(31)16-11-32-21(29-16)12-8-26-27-9-12;1-5-2-3-6(9)4-7(5)8(10)11;1-2-3/h6-8,10-13,27H,1-5,9,24H2,(H,28,31);2-4,9H,1H3,(H,10,11);3H,2H2,1H3/b18-15+,25-10?;;. The fraction of sp³-hybridized carbons (Fsp3) is 0.355. The third-order valence-corrected chi connectivity index (χ3v) is 7.75. The van der Waals surface area contributed by atoms with Gasteiger partial charge in [0.1, 0.15) is 22.1 Å². The van der Waals surface area contributed by atoms with E-state index in [9.17, 15) is 18.4 Å². The number of carboxylic acid groups (broad SMARTS) is 1. The van der Waals surface area contributed by atoms with Crippen molar-refractivity contribution in [3.8, 4) is 5.75 Å². The Morgan fingerprint density at radius 3 is 2.52 bits per heavy atom. The number of nitrogens with two attached hydrogens (primary N) is 1. The lowest BCUT2D eigenvalue weighted by molar-refractivity contribution is 0.0695. The van der Waals surface area contributed by atoms with Crippen LogP contribution in [-0.2, 0) is 0 Å². The van der Waals surface area contributed by atoms with Crippen molar-refractivity contribution in [1.29, 1.82) is 0 Å². The number of hydrogen-bond acceptors (Lipinski definition) is 11. The number of thiazole rings is 1. The summed E-state index contributed by atoms with van der Waals surface area (Å²) in [6, 6.07) is 6.19. The number of aliphatic hydroxyl groups excluding tert-OH is 1. The van der Waals surface area contributed by atoms with Crippen LogP contribution in [0.3, 0.4) is 0 Å². The van der Waals surface area contributed by atoms with E-state index in [1.165, 1.54) is 36.1 Å². The first-order chi connectivity index (χ1) is 22.0. The molecule has 1 atom stereocenters. The number of nitrogens with one attached hydrogen (secondary N) is 2. The number of nitrogens with zero attached hydrogens (tertiary/aromatic N) is 4. The molecule has 7 N–H and O–H groups in total. The molecule has 5 rings (SSSR count). The van der Waals surface area contributed by atoms with Gasteiger partial charge in [-0.3, -0.25) is 9.79 Å². The molecule has 15 heteroatoms. The normalized spacial score (nSPS) is 16.4. The molecule has 1 aliphatic carbocycles. The number of aryl methyl sites for hydroxylation is 1. The molecule has 12 nitrogen and oxygen atoms in total. The largest absolute Gasteiger partial charge is 0.508 e. The highest BCUT2D eigenvalue weighted by Gasteiger charge is 2.21. The second kappa shape index (κ2) is 17.7. The monoisotopic (exact) mass is 657 g/mol. The first-order valence-electron chi connectivity index (χ1n) is 14.6. The van der Waals surface area contributed by atoms with Gasteiger partial charge in [0.25, 0.3) is 5.91 Å². The lowest BCUT2D eigenvalue weighted by atomic mass is 9.96. The van der Waals surface area contributed by atoms with Crippen LogP contribution in [0.5, 0.6) is 5.75 Å². The average Bonchev–Trinajstić information content (AvgIpc) is 3.75. The molecular weight excluding hydrogens is 620 g/mol. The number of carboxylic acids is 1. The molecule has 1 saturated carbocycles. The third kappa shape index (κ3) is 10.4. The molecular formula is C31H37F2N7O5S. The predicted molar refractivity (Wildman–Crippen MR) is 172 cm³/mol. The fourth-order valence-corrected chi connectivity index (χ4v) is 5.26. The molecule has 0 saturated heterocycles. The van der Waals surface area contributed by atoms with E-state index in [2.05, 4.69) is 30.8 Å². The van der Waals surface area contributed by atoms with Crippen LogP contribution in [0.2, 0.25) is 0 Å². The topological polar surface area (TPSA) is 195 Å². The van der Waals surface area contributed by atoms with E-state index in [4.69, 9.17) is 21.1 Å². The van der Waals surface area contributed by atoms with Crippen molar-refractivity contribution in [1.82, 2.24) is 20.7 Å². The van der Waals surface area contributed by atoms with Gasteiger partial charge in [-0.2, -0.15) is 9.49 Å². The molecule has 1 unspecified atom stereocenters. The van der Waals surface area contributed by atoms with Gasteiger partial charge in [0.2, 0.25) is 5.95 Å². The van der Waals surface area contributed by atoms with E-state index < -0.39 is 23.6 Å². The Hall–Kier alpha value is -4.76. The van der Waals surface area contributed by atoms with Gasteiger partial charge in [-0.25, -0.2) is 19.2 Å². The number of allylic oxidation sites excluding steroid dienone is 1. The number of hydrogen-bond donors (Lipinski definition) is 6. The van der Waals surface area contributed by atoms with Crippen LogP contribution in [0, 0.1) is 18.7 Å². The number of halogens is 2. The highest BCUT2D eigenvalue weighted by molar-refractivity contribution is 7.10. The van der Waals surface area contributed by atoms with Crippen LogP contribution < -0.4 is 16.5 Å². The van der Waals surface area contributed by atoms with E-state index in [1.807, 2.05) is 0 Å². The summed E-state index contributed by atoms with van der Waals surface area (Å²) >= 11 is 1.34. The van der Waals surface area contributed by atoms with Crippen molar-refractivity contribution >= 4 is 41.3 Å². The quantitative estimate of drug-likeness (QED) is 0.158. The van der Waals surface area contributed by atoms with Crippen LogP contribution in [0.4, 0.5) is 8.78 Å². The van der Waals surface area contributed by atoms with Gasteiger partial charge in [-0.15, -0.1) is 11.3 Å². The molecule has 0 bridgehead atoms. The summed E-state index contributed by atoms with van der Waals surface area (Å²) in [6.45, 7) is 4.23. The summed E-state index contributed by atoms with van der Waals surface area (Å²) in [7, 11) is 0. The number of aromatic carboxylic acids is 1. The molecule has 2 aliphatic rings. The Bertz CT molecular complexity index is 1590. The molecule has 246 valence electrons. The van der Waals surface area contributed by atoms with E-state index in [0.29, 0.717) is 12.1 Å². The first-order valence-corrected chi connectivity index (χ1v) is 15.4. The van der Waals surface area contributed by atoms with Crippen LogP contribution >= 0.6 is 11.3 Å². The minimum Gasteiger partial charge on any atom is -0.508 e. The molecule has 2 aromatic heterocycles. The number of aromatic hydroxyl groups is 1. The van der Waals surface area contributed by atoms with Gasteiger partial charge in [-0.05, 0) is 56.5 Å². The Kier molecular flexibility index (Phi) is 13.7. The van der Waals surface area contributed by atoms with Gasteiger partial charge in [0.05, 0.1) is 28.9 Å². The summed E-state index contributed by atoms with van der Waals surface area (Å²) < 4.78 is 27.9. The highest BCUT2D eigenvalue weighted by atomic mass is 32.1. The number of phenols is 1. The zero-order valence-electron chi connectivity index (χ0n) is 25.4. The Morgan fingerprint density at radius 2 is 1.89 bits per heavy atom. The summed E-state index contributed by atoms with van der Waals surface area (Å²) in [5, 5.41) is 34.1. The fourth-order valence-electron chi connectivity index (χ4n) is 4.40. The number of benzene rings is 1. The smallest absolute Gasteiger partial charge is 0.336 e. The lowest BCUT2D eigenvalue weighted by Crippen LogP contribution is -2.27. The van der Waals surface area contributed by atoms with Gasteiger partial charge in [0, 0.05) is 31.0 Å². The Balaban J connectivity index is 0.000000343. The number of amides is 1. The van der Waals surface area contributed by atoms with Crippen molar-refractivity contribution in [3.05, 3.63) is 80.7 Å². The van der Waals surface area contributed by atoms with Gasteiger partial charge in [0.15, 0.2) is 5.82 Å². The zero-order valence-corrected chi connectivity index (χ0v) is 26.2. The molecule has 3 aromatic rings. The SMILES string of the molecule is CCO.Cc1ccc(O)cc1C(=O)O.N/C(=C(\C=NC1CCCCC1)NC(=O)c1csc(C2C=NNC2)n1)c1nc(F)ccc1F. The number of carbonyl (C=O) groups is 2. The number of phenolic OH excluding ortho intramolecular Hbond substituents is 1. The van der Waals surface area contributed by atoms with Gasteiger partial charge >= 0.3 is 5.97 Å². The number of aliphatic imine (C=N–C) groups is 1. The van der Waals surface area contributed by atoms with E-state index in [-0.39, 0.29) is 52.7 Å². The third-order valence-electron chi connectivity index (χ3n) is 6.77. The van der Waals surface area contributed by atoms with Crippen LogP contribution in [0.15, 0.2) is 51.5 Å². The molecule has 1 aliphatic heterocycles. The summed E-state index contributed by atoms with van der Waals surface area (Å²) in [5.74, 6) is -3.24. The van der Waals surface area contributed by atoms with Crippen molar-refractivity contribution in [2.24, 2.45) is 15.8 Å². The van der Waals surface area contributed by atoms with Crippen molar-refractivity contribution in [2.75, 3.05) is 13.2 Å². The minimum atomic E-state index is -1.02. The molecule has 3 heterocycles. The predicted octanol–water partition coefficient (Wildman–Crippen LogP) is 4.35. The average molecular weight is 658 g/mol. The molecule has 46 heavy (non-hydrogen) atoms. The second-order valence-corrected chi connectivity index (χ2v) is 11.1. The van der Waals surface area contributed by atoms with Gasteiger partial charge in [-0.1, -0.05) is 25.3 Å². The van der Waals surface area contributed by atoms with E-state index >= 15 is 0 Å². The molecule has 1 aromatic carbocycles. The second-order valence-electron chi connectivity index (χ2n) is 10.3. The van der Waals surface area contributed by atoms with Crippen molar-refractivity contribution < 1.29 is 33.7 Å². The van der Waals surface area contributed by atoms with Crippen LogP contribution in [0.1, 0.15) is 82.1 Å². The van der Waals surface area contributed by atoms with Crippen LogP contribution in [-0.4, -0.2) is 68.8 Å².